The fourth-order valence-electron chi connectivity index (χ4n) is 4.19. The summed E-state index contributed by atoms with van der Waals surface area (Å²) in [5, 5.41) is 2.55. The van der Waals surface area contributed by atoms with Crippen molar-refractivity contribution in [1.82, 2.24) is 0 Å². The van der Waals surface area contributed by atoms with Crippen molar-refractivity contribution in [3.05, 3.63) is 48.0 Å². The first kappa shape index (κ1) is 16.0. The Kier molecular flexibility index (Phi) is 3.92. The quantitative estimate of drug-likeness (QED) is 0.680. The van der Waals surface area contributed by atoms with Crippen LogP contribution < -0.4 is 0 Å². The van der Waals surface area contributed by atoms with Crippen molar-refractivity contribution in [1.29, 1.82) is 0 Å². The molecule has 0 amide bonds. The molecular weight excluding hydrogens is 256 g/mol. The zero-order valence-corrected chi connectivity index (χ0v) is 14.4. The van der Waals surface area contributed by atoms with Gasteiger partial charge in [-0.2, -0.15) is 0 Å². The lowest BCUT2D eigenvalue weighted by Crippen LogP contribution is -2.51. The maximum atomic E-state index is 6.26. The lowest BCUT2D eigenvalue weighted by Gasteiger charge is -2.53. The molecule has 21 heavy (non-hydrogen) atoms. The van der Waals surface area contributed by atoms with Gasteiger partial charge in [0.2, 0.25) is 0 Å². The van der Waals surface area contributed by atoms with E-state index in [1.165, 1.54) is 16.3 Å². The van der Waals surface area contributed by atoms with Crippen LogP contribution in [0, 0.1) is 10.8 Å². The van der Waals surface area contributed by atoms with Gasteiger partial charge >= 0.3 is 0 Å². The molecule has 0 aliphatic carbocycles. The van der Waals surface area contributed by atoms with Crippen LogP contribution >= 0.6 is 0 Å². The Labute approximate surface area is 129 Å². The van der Waals surface area contributed by atoms with E-state index in [2.05, 4.69) is 84.0 Å². The smallest absolute Gasteiger partial charge is 0.103 e. The Morgan fingerprint density at radius 1 is 0.714 bits per heavy atom. The third-order valence-corrected chi connectivity index (χ3v) is 4.59. The zero-order chi connectivity index (χ0) is 15.9. The summed E-state index contributed by atoms with van der Waals surface area (Å²) in [4.78, 5) is 0. The maximum absolute atomic E-state index is 6.26. The predicted octanol–water partition coefficient (Wildman–Crippen LogP) is 5.77. The van der Waals surface area contributed by atoms with Gasteiger partial charge in [0.15, 0.2) is 0 Å². The summed E-state index contributed by atoms with van der Waals surface area (Å²) >= 11 is 0. The van der Waals surface area contributed by atoms with Gasteiger partial charge in [-0.15, -0.1) is 0 Å². The molecule has 0 bridgehead atoms. The molecule has 0 spiro atoms. The number of rotatable bonds is 2. The summed E-state index contributed by atoms with van der Waals surface area (Å²) in [6.45, 7) is 13.6. The molecule has 0 saturated carbocycles. The van der Waals surface area contributed by atoms with E-state index in [-0.39, 0.29) is 16.4 Å². The minimum atomic E-state index is -0.360. The minimum absolute atomic E-state index is 0.0237. The van der Waals surface area contributed by atoms with E-state index in [1.807, 2.05) is 7.11 Å². The van der Waals surface area contributed by atoms with Crippen molar-refractivity contribution in [2.24, 2.45) is 10.8 Å². The number of benzene rings is 2. The lowest BCUT2D eigenvalue weighted by atomic mass is 9.58. The second-order valence-electron chi connectivity index (χ2n) is 7.91. The van der Waals surface area contributed by atoms with Gasteiger partial charge in [-0.1, -0.05) is 84.0 Å². The first-order valence-corrected chi connectivity index (χ1v) is 7.68. The molecule has 2 aromatic carbocycles. The fraction of sp³-hybridized carbons (Fsp3) is 0.500. The van der Waals surface area contributed by atoms with E-state index >= 15 is 0 Å². The standard InChI is InChI=1S/C20H28O/c1-18(2,3)20(21-7,19(4,5)6)17-14-10-12-15-11-8-9-13-16(15)17/h8-14H,1-7H3. The fourth-order valence-corrected chi connectivity index (χ4v) is 4.19. The van der Waals surface area contributed by atoms with Crippen LogP contribution in [0.15, 0.2) is 42.5 Å². The molecule has 1 nitrogen and oxygen atoms in total. The Balaban J connectivity index is 2.89. The van der Waals surface area contributed by atoms with Crippen LogP contribution in [0.5, 0.6) is 0 Å². The first-order chi connectivity index (χ1) is 9.65. The monoisotopic (exact) mass is 284 g/mol. The Morgan fingerprint density at radius 2 is 1.24 bits per heavy atom. The van der Waals surface area contributed by atoms with E-state index in [4.69, 9.17) is 4.74 Å². The summed E-state index contributed by atoms with van der Waals surface area (Å²) < 4.78 is 6.26. The molecule has 0 aliphatic heterocycles. The molecule has 0 unspecified atom stereocenters. The number of ether oxygens (including phenoxy) is 1. The molecular formula is C20H28O. The highest BCUT2D eigenvalue weighted by atomic mass is 16.5. The summed E-state index contributed by atoms with van der Waals surface area (Å²) in [6.07, 6.45) is 0. The molecule has 0 radical (unpaired) electrons. The summed E-state index contributed by atoms with van der Waals surface area (Å²) in [5.74, 6) is 0. The van der Waals surface area contributed by atoms with Gasteiger partial charge in [0.1, 0.15) is 5.60 Å². The van der Waals surface area contributed by atoms with E-state index in [0.717, 1.165) is 0 Å². The van der Waals surface area contributed by atoms with Crippen LogP contribution in [-0.2, 0) is 10.3 Å². The van der Waals surface area contributed by atoms with Crippen molar-refractivity contribution in [2.45, 2.75) is 47.1 Å². The van der Waals surface area contributed by atoms with Crippen molar-refractivity contribution in [3.8, 4) is 0 Å². The molecule has 2 rings (SSSR count). The summed E-state index contributed by atoms with van der Waals surface area (Å²) in [6, 6.07) is 15.1. The molecule has 0 aliphatic rings. The first-order valence-electron chi connectivity index (χ1n) is 7.68. The van der Waals surface area contributed by atoms with Gasteiger partial charge in [-0.05, 0) is 27.2 Å². The minimum Gasteiger partial charge on any atom is -0.372 e. The van der Waals surface area contributed by atoms with Gasteiger partial charge in [-0.25, -0.2) is 0 Å². The zero-order valence-electron chi connectivity index (χ0n) is 14.4. The number of hydrogen-bond acceptors (Lipinski definition) is 1. The normalized spacial score (nSPS) is 13.7. The van der Waals surface area contributed by atoms with Crippen LogP contribution in [0.4, 0.5) is 0 Å². The van der Waals surface area contributed by atoms with Crippen molar-refractivity contribution in [3.63, 3.8) is 0 Å². The van der Waals surface area contributed by atoms with Crippen molar-refractivity contribution >= 4 is 10.8 Å². The molecule has 0 fully saturated rings. The Bertz CT molecular complexity index is 607. The Hall–Kier alpha value is -1.34. The SMILES string of the molecule is COC(c1cccc2ccccc12)(C(C)(C)C)C(C)(C)C. The highest BCUT2D eigenvalue weighted by Crippen LogP contribution is 2.55. The predicted molar refractivity (Wildman–Crippen MR) is 91.5 cm³/mol. The second kappa shape index (κ2) is 5.14. The largest absolute Gasteiger partial charge is 0.372 e. The molecule has 2 aromatic rings. The van der Waals surface area contributed by atoms with Crippen LogP contribution in [0.2, 0.25) is 0 Å². The summed E-state index contributed by atoms with van der Waals surface area (Å²) in [7, 11) is 1.85. The van der Waals surface area contributed by atoms with Crippen LogP contribution in [0.25, 0.3) is 10.8 Å². The molecule has 0 N–H and O–H groups in total. The lowest BCUT2D eigenvalue weighted by molar-refractivity contribution is -0.169. The topological polar surface area (TPSA) is 9.23 Å². The highest BCUT2D eigenvalue weighted by molar-refractivity contribution is 5.86. The van der Waals surface area contributed by atoms with Crippen molar-refractivity contribution in [2.75, 3.05) is 7.11 Å². The van der Waals surface area contributed by atoms with E-state index in [1.54, 1.807) is 0 Å². The Morgan fingerprint density at radius 3 is 1.76 bits per heavy atom. The molecule has 1 heteroatoms. The number of methoxy groups -OCH3 is 1. The van der Waals surface area contributed by atoms with Crippen LogP contribution in [0.1, 0.15) is 47.1 Å². The van der Waals surface area contributed by atoms with Gasteiger partial charge in [-0.3, -0.25) is 0 Å². The third-order valence-electron chi connectivity index (χ3n) is 4.59. The molecule has 114 valence electrons. The molecule has 0 saturated heterocycles. The third kappa shape index (κ3) is 2.38. The summed E-state index contributed by atoms with van der Waals surface area (Å²) in [5.41, 5.74) is 0.873. The molecule has 0 aromatic heterocycles. The highest BCUT2D eigenvalue weighted by Gasteiger charge is 2.53. The van der Waals surface area contributed by atoms with Gasteiger partial charge in [0, 0.05) is 7.11 Å². The second-order valence-corrected chi connectivity index (χ2v) is 7.91. The number of hydrogen-bond donors (Lipinski definition) is 0. The van der Waals surface area contributed by atoms with Gasteiger partial charge < -0.3 is 4.74 Å². The van der Waals surface area contributed by atoms with Crippen LogP contribution in [-0.4, -0.2) is 7.11 Å². The van der Waals surface area contributed by atoms with E-state index < -0.39 is 0 Å². The van der Waals surface area contributed by atoms with E-state index in [0.29, 0.717) is 0 Å². The maximum Gasteiger partial charge on any atom is 0.103 e. The van der Waals surface area contributed by atoms with E-state index in [9.17, 15) is 0 Å². The average Bonchev–Trinajstić information content (AvgIpc) is 2.37. The molecule has 0 heterocycles. The van der Waals surface area contributed by atoms with Gasteiger partial charge in [0.25, 0.3) is 0 Å². The number of fused-ring (bicyclic) bond motifs is 1. The molecule has 0 atom stereocenters. The van der Waals surface area contributed by atoms with Gasteiger partial charge in [0.05, 0.1) is 0 Å². The van der Waals surface area contributed by atoms with Crippen molar-refractivity contribution < 1.29 is 4.74 Å². The van der Waals surface area contributed by atoms with Crippen LogP contribution in [0.3, 0.4) is 0 Å². The average molecular weight is 284 g/mol.